The summed E-state index contributed by atoms with van der Waals surface area (Å²) in [4.78, 5) is 2.00. The average Bonchev–Trinajstić information content (AvgIpc) is 2.73. The van der Waals surface area contributed by atoms with Gasteiger partial charge in [0.15, 0.2) is 11.6 Å². The Morgan fingerprint density at radius 1 is 1.04 bits per heavy atom. The highest BCUT2D eigenvalue weighted by molar-refractivity contribution is 5.54. The lowest BCUT2D eigenvalue weighted by atomic mass is 10.1. The number of halogens is 4. The van der Waals surface area contributed by atoms with Crippen LogP contribution in [0.3, 0.4) is 0 Å². The predicted molar refractivity (Wildman–Crippen MR) is 98.5 cm³/mol. The van der Waals surface area contributed by atoms with E-state index in [4.69, 9.17) is 9.47 Å². The van der Waals surface area contributed by atoms with E-state index in [1.54, 1.807) is 12.1 Å². The first-order chi connectivity index (χ1) is 13.5. The van der Waals surface area contributed by atoms with E-state index < -0.39 is 34.6 Å². The fourth-order valence-corrected chi connectivity index (χ4v) is 2.91. The van der Waals surface area contributed by atoms with E-state index in [1.165, 1.54) is 12.1 Å². The monoisotopic (exact) mass is 395 g/mol. The summed E-state index contributed by atoms with van der Waals surface area (Å²) >= 11 is 0. The lowest BCUT2D eigenvalue weighted by Gasteiger charge is -2.25. The maximum atomic E-state index is 14.4. The van der Waals surface area contributed by atoms with Crippen molar-refractivity contribution < 1.29 is 27.0 Å². The number of aryl methyl sites for hydroxylation is 1. The second-order valence-corrected chi connectivity index (χ2v) is 6.42. The summed E-state index contributed by atoms with van der Waals surface area (Å²) < 4.78 is 67.8. The number of benzene rings is 2. The molecule has 0 spiro atoms. The summed E-state index contributed by atoms with van der Waals surface area (Å²) in [5, 5.41) is 0. The van der Waals surface area contributed by atoms with Gasteiger partial charge in [-0.3, -0.25) is 4.90 Å². The molecule has 0 radical (unpaired) electrons. The normalized spacial score (nSPS) is 15.3. The lowest BCUT2D eigenvalue weighted by Crippen LogP contribution is -2.36. The molecule has 150 valence electrons. The topological polar surface area (TPSA) is 21.7 Å². The molecule has 0 aliphatic carbocycles. The standard InChI is InChI=1S/C21H21F4NO2/c1-2-14-5-3-6-15(13-14)28-21-19(24)17(22)16(18(23)20(21)25)7-4-8-26-9-11-27-12-10-26/h3-7,13H,2,8-12H2,1H3/b7-4+. The van der Waals surface area contributed by atoms with Crippen molar-refractivity contribution >= 4 is 6.08 Å². The van der Waals surface area contributed by atoms with Crippen LogP contribution in [0.5, 0.6) is 11.5 Å². The molecule has 1 saturated heterocycles. The first-order valence-corrected chi connectivity index (χ1v) is 9.10. The van der Waals surface area contributed by atoms with E-state index in [0.717, 1.165) is 11.6 Å². The van der Waals surface area contributed by atoms with Crippen molar-refractivity contribution in [1.29, 1.82) is 0 Å². The van der Waals surface area contributed by atoms with Crippen LogP contribution in [-0.2, 0) is 11.2 Å². The number of hydrogen-bond donors (Lipinski definition) is 0. The van der Waals surface area contributed by atoms with Gasteiger partial charge in [0.05, 0.1) is 18.8 Å². The summed E-state index contributed by atoms with van der Waals surface area (Å²) in [6.07, 6.45) is 3.20. The highest BCUT2D eigenvalue weighted by atomic mass is 19.2. The minimum absolute atomic E-state index is 0.103. The van der Waals surface area contributed by atoms with Crippen LogP contribution in [-0.4, -0.2) is 37.7 Å². The molecule has 0 unspecified atom stereocenters. The fraction of sp³-hybridized carbons (Fsp3) is 0.333. The molecule has 28 heavy (non-hydrogen) atoms. The Morgan fingerprint density at radius 3 is 2.36 bits per heavy atom. The van der Waals surface area contributed by atoms with Crippen LogP contribution < -0.4 is 4.74 Å². The van der Waals surface area contributed by atoms with Crippen molar-refractivity contribution in [3.05, 3.63) is 64.7 Å². The molecule has 7 heteroatoms. The largest absolute Gasteiger partial charge is 0.451 e. The van der Waals surface area contributed by atoms with E-state index in [0.29, 0.717) is 39.3 Å². The van der Waals surface area contributed by atoms with Crippen LogP contribution in [0.2, 0.25) is 0 Å². The van der Waals surface area contributed by atoms with Gasteiger partial charge in [-0.15, -0.1) is 0 Å². The highest BCUT2D eigenvalue weighted by Crippen LogP contribution is 2.34. The lowest BCUT2D eigenvalue weighted by molar-refractivity contribution is 0.0435. The van der Waals surface area contributed by atoms with Crippen molar-refractivity contribution in [3.8, 4) is 11.5 Å². The number of ether oxygens (including phenoxy) is 2. The SMILES string of the molecule is CCc1cccc(Oc2c(F)c(F)c(/C=C/CN3CCOCC3)c(F)c2F)c1. The van der Waals surface area contributed by atoms with Crippen LogP contribution in [0.25, 0.3) is 6.08 Å². The zero-order valence-corrected chi connectivity index (χ0v) is 15.5. The molecule has 0 aromatic heterocycles. The van der Waals surface area contributed by atoms with Gasteiger partial charge in [-0.2, -0.15) is 8.78 Å². The Hall–Kier alpha value is -2.38. The summed E-state index contributed by atoms with van der Waals surface area (Å²) in [6.45, 7) is 4.81. The van der Waals surface area contributed by atoms with Gasteiger partial charge in [0, 0.05) is 19.6 Å². The smallest absolute Gasteiger partial charge is 0.205 e. The van der Waals surface area contributed by atoms with Crippen LogP contribution in [0.15, 0.2) is 30.3 Å². The predicted octanol–water partition coefficient (Wildman–Crippen LogP) is 4.94. The molecule has 1 heterocycles. The fourth-order valence-electron chi connectivity index (χ4n) is 2.91. The second kappa shape index (κ2) is 9.21. The third-order valence-corrected chi connectivity index (χ3v) is 4.54. The zero-order valence-electron chi connectivity index (χ0n) is 15.5. The summed E-state index contributed by atoms with van der Waals surface area (Å²) in [6, 6.07) is 6.47. The maximum absolute atomic E-state index is 14.4. The number of rotatable bonds is 6. The molecule has 0 N–H and O–H groups in total. The molecule has 0 atom stereocenters. The molecule has 1 aliphatic heterocycles. The Kier molecular flexibility index (Phi) is 6.70. The van der Waals surface area contributed by atoms with E-state index in [-0.39, 0.29) is 5.75 Å². The Balaban J connectivity index is 1.84. The quantitative estimate of drug-likeness (QED) is 0.511. The first-order valence-electron chi connectivity index (χ1n) is 9.10. The van der Waals surface area contributed by atoms with Gasteiger partial charge in [-0.05, 0) is 24.1 Å². The van der Waals surface area contributed by atoms with Gasteiger partial charge in [0.25, 0.3) is 0 Å². The van der Waals surface area contributed by atoms with Crippen molar-refractivity contribution in [3.63, 3.8) is 0 Å². The van der Waals surface area contributed by atoms with E-state index in [1.807, 2.05) is 17.9 Å². The van der Waals surface area contributed by atoms with Gasteiger partial charge < -0.3 is 9.47 Å². The third kappa shape index (κ3) is 4.54. The molecule has 2 aromatic carbocycles. The van der Waals surface area contributed by atoms with Crippen LogP contribution in [0, 0.1) is 23.3 Å². The van der Waals surface area contributed by atoms with Gasteiger partial charge >= 0.3 is 0 Å². The maximum Gasteiger partial charge on any atom is 0.205 e. The van der Waals surface area contributed by atoms with Crippen molar-refractivity contribution in [1.82, 2.24) is 4.90 Å². The summed E-state index contributed by atoms with van der Waals surface area (Å²) in [5.74, 6) is -7.09. The molecule has 1 fully saturated rings. The number of morpholine rings is 1. The van der Waals surface area contributed by atoms with Gasteiger partial charge in [-0.1, -0.05) is 31.2 Å². The number of hydrogen-bond acceptors (Lipinski definition) is 3. The minimum Gasteiger partial charge on any atom is -0.451 e. The van der Waals surface area contributed by atoms with E-state index in [9.17, 15) is 17.6 Å². The van der Waals surface area contributed by atoms with Crippen LogP contribution in [0.1, 0.15) is 18.1 Å². The molecule has 1 aliphatic rings. The molecule has 0 amide bonds. The highest BCUT2D eigenvalue weighted by Gasteiger charge is 2.26. The molecule has 0 saturated carbocycles. The van der Waals surface area contributed by atoms with Crippen LogP contribution in [0.4, 0.5) is 17.6 Å². The molecule has 3 nitrogen and oxygen atoms in total. The summed E-state index contributed by atoms with van der Waals surface area (Å²) in [7, 11) is 0. The molecule has 3 rings (SSSR count). The first kappa shape index (κ1) is 20.4. The molecule has 2 aromatic rings. The van der Waals surface area contributed by atoms with Gasteiger partial charge in [-0.25, -0.2) is 8.78 Å². The average molecular weight is 395 g/mol. The molecular weight excluding hydrogens is 374 g/mol. The van der Waals surface area contributed by atoms with E-state index >= 15 is 0 Å². The van der Waals surface area contributed by atoms with Crippen molar-refractivity contribution in [2.45, 2.75) is 13.3 Å². The zero-order chi connectivity index (χ0) is 20.1. The van der Waals surface area contributed by atoms with E-state index in [2.05, 4.69) is 0 Å². The third-order valence-electron chi connectivity index (χ3n) is 4.54. The Morgan fingerprint density at radius 2 is 1.71 bits per heavy atom. The summed E-state index contributed by atoms with van der Waals surface area (Å²) in [5.41, 5.74) is 0.0971. The Labute approximate surface area is 161 Å². The van der Waals surface area contributed by atoms with Gasteiger partial charge in [0.1, 0.15) is 5.75 Å². The molecule has 0 bridgehead atoms. The minimum atomic E-state index is -1.56. The van der Waals surface area contributed by atoms with Gasteiger partial charge in [0.2, 0.25) is 17.4 Å². The number of nitrogens with zero attached hydrogens (tertiary/aromatic N) is 1. The van der Waals surface area contributed by atoms with Crippen LogP contribution >= 0.6 is 0 Å². The Bertz CT molecular complexity index is 835. The molecular formula is C21H21F4NO2. The second-order valence-electron chi connectivity index (χ2n) is 6.42. The van der Waals surface area contributed by atoms with Crippen molar-refractivity contribution in [2.75, 3.05) is 32.8 Å². The van der Waals surface area contributed by atoms with Crippen molar-refractivity contribution in [2.24, 2.45) is 0 Å².